The van der Waals surface area contributed by atoms with E-state index in [2.05, 4.69) is 5.28 Å². The number of rotatable bonds is 2. The Bertz CT molecular complexity index is 308. The number of hydrazine groups is 1. The van der Waals surface area contributed by atoms with E-state index in [0.717, 1.165) is 10.6 Å². The molecule has 1 aromatic carbocycles. The van der Waals surface area contributed by atoms with Gasteiger partial charge < -0.3 is 10.4 Å². The van der Waals surface area contributed by atoms with Gasteiger partial charge in [0.05, 0.1) is 7.05 Å². The van der Waals surface area contributed by atoms with Crippen LogP contribution in [-0.2, 0) is 0 Å². The molecule has 0 spiro atoms. The highest BCUT2D eigenvalue weighted by atomic mass is 16.6. The summed E-state index contributed by atoms with van der Waals surface area (Å²) < 4.78 is 0. The summed E-state index contributed by atoms with van der Waals surface area (Å²) in [5.41, 5.74) is 1.72. The smallest absolute Gasteiger partial charge is 0.103 e. The largest absolute Gasteiger partial charge is 0.737 e. The second kappa shape index (κ2) is 3.75. The third-order valence-corrected chi connectivity index (χ3v) is 1.73. The predicted octanol–water partition coefficient (Wildman–Crippen LogP) is 1.81. The van der Waals surface area contributed by atoms with Crippen LogP contribution in [-0.4, -0.2) is 12.0 Å². The van der Waals surface area contributed by atoms with Gasteiger partial charge in [-0.05, 0) is 24.3 Å². The fourth-order valence-corrected chi connectivity index (χ4v) is 0.914. The van der Waals surface area contributed by atoms with Gasteiger partial charge in [0.25, 0.3) is 0 Å². The molecule has 0 radical (unpaired) electrons. The van der Waals surface area contributed by atoms with Crippen LogP contribution in [0.1, 0.15) is 5.56 Å². The zero-order valence-corrected chi connectivity index (χ0v) is 7.47. The molecule has 1 rings (SSSR count). The highest BCUT2D eigenvalue weighted by Gasteiger charge is 2.06. The number of hydrogen-bond acceptors (Lipinski definition) is 3. The molecule has 0 unspecified atom stereocenters. The Hall–Kier alpha value is -1.78. The summed E-state index contributed by atoms with van der Waals surface area (Å²) in [6.07, 6.45) is 0. The molecule has 0 bridgehead atoms. The van der Waals surface area contributed by atoms with Gasteiger partial charge in [-0.25, -0.2) is 0 Å². The zero-order valence-electron chi connectivity index (χ0n) is 7.47. The quantitative estimate of drug-likeness (QED) is 0.396. The van der Waals surface area contributed by atoms with Crippen LogP contribution in [0, 0.1) is 17.3 Å². The van der Waals surface area contributed by atoms with Crippen molar-refractivity contribution < 1.29 is 4.97 Å². The van der Waals surface area contributed by atoms with Crippen molar-refractivity contribution in [3.05, 3.63) is 40.2 Å². The molecule has 0 aromatic heterocycles. The van der Waals surface area contributed by atoms with Gasteiger partial charge in [-0.3, -0.25) is 0 Å². The lowest BCUT2D eigenvalue weighted by Crippen LogP contribution is -2.24. The summed E-state index contributed by atoms with van der Waals surface area (Å²) in [6, 6.07) is 7.19. The molecule has 0 aliphatic carbocycles. The van der Waals surface area contributed by atoms with Gasteiger partial charge in [-0.1, -0.05) is 17.7 Å². The molecule has 0 aliphatic rings. The maximum Gasteiger partial charge on any atom is 0.103 e. The van der Waals surface area contributed by atoms with Crippen LogP contribution in [0.2, 0.25) is 0 Å². The Kier molecular flexibility index (Phi) is 2.69. The lowest BCUT2D eigenvalue weighted by Gasteiger charge is -2.14. The van der Waals surface area contributed by atoms with Crippen molar-refractivity contribution in [2.75, 3.05) is 12.1 Å². The fraction of sp³-hybridized carbons (Fsp3) is 0.250. The second-order valence-corrected chi connectivity index (χ2v) is 2.69. The van der Waals surface area contributed by atoms with Crippen LogP contribution in [0.25, 0.3) is 0 Å². The van der Waals surface area contributed by atoms with Crippen LogP contribution < -0.4 is 5.01 Å². The highest BCUT2D eigenvalue weighted by Crippen LogP contribution is 2.13. The lowest BCUT2D eigenvalue weighted by molar-refractivity contribution is -0.535. The molecule has 0 aliphatic heterocycles. The normalized spacial score (nSPS) is 11.4. The van der Waals surface area contributed by atoms with Crippen LogP contribution in [0.3, 0.4) is 0 Å². The van der Waals surface area contributed by atoms with Gasteiger partial charge in [-0.2, -0.15) is 0 Å². The molecule has 0 atom stereocenters. The van der Waals surface area contributed by atoms with Gasteiger partial charge in [0.2, 0.25) is 0 Å². The third-order valence-electron chi connectivity index (χ3n) is 1.73. The fourth-order valence-electron chi connectivity index (χ4n) is 0.914. The van der Waals surface area contributed by atoms with Gasteiger partial charge in [0, 0.05) is 4.97 Å². The molecule has 0 N–H and O–H groups in total. The van der Waals surface area contributed by atoms with E-state index in [1.165, 1.54) is 7.05 Å². The number of hydrogen-bond donors (Lipinski definition) is 0. The van der Waals surface area contributed by atoms with Crippen molar-refractivity contribution in [3.63, 3.8) is 0 Å². The molecule has 0 saturated carbocycles. The summed E-state index contributed by atoms with van der Waals surface area (Å²) in [5, 5.41) is 24.0. The molecule has 5 nitrogen and oxygen atoms in total. The molecule has 0 saturated heterocycles. The average Bonchev–Trinajstić information content (AvgIpc) is 2.17. The molecular weight excluding hydrogens is 170 g/mol. The van der Waals surface area contributed by atoms with Crippen LogP contribution in [0.15, 0.2) is 29.5 Å². The third kappa shape index (κ3) is 2.08. The predicted molar refractivity (Wildman–Crippen MR) is 49.0 cm³/mol. The monoisotopic (exact) mass is 180 g/mol. The van der Waals surface area contributed by atoms with Gasteiger partial charge in [0.1, 0.15) is 5.69 Å². The van der Waals surface area contributed by atoms with E-state index in [-0.39, 0.29) is 4.97 Å². The van der Waals surface area contributed by atoms with Crippen molar-refractivity contribution in [3.8, 4) is 0 Å². The Morgan fingerprint density at radius 1 is 1.31 bits per heavy atom. The summed E-state index contributed by atoms with van der Waals surface area (Å²) in [6.45, 7) is 1.94. The Balaban J connectivity index is 2.89. The van der Waals surface area contributed by atoms with Crippen molar-refractivity contribution in [2.45, 2.75) is 6.92 Å². The number of benzene rings is 1. The Morgan fingerprint density at radius 2 is 1.85 bits per heavy atom. The topological polar surface area (TPSA) is 64.7 Å². The molecule has 13 heavy (non-hydrogen) atoms. The first-order chi connectivity index (χ1) is 6.15. The standard InChI is InChI=1S/C8H11N3O2/c1-7-3-5-8(6-4-7)10(2)11(13)9-12/h3-6,12H,1-2H3/p-1/b11-9-. The van der Waals surface area contributed by atoms with Crippen LogP contribution >= 0.6 is 0 Å². The molecule has 0 heterocycles. The summed E-state index contributed by atoms with van der Waals surface area (Å²) in [7, 11) is 1.47. The molecule has 0 fully saturated rings. The first kappa shape index (κ1) is 9.31. The number of anilines is 1. The molecule has 5 heteroatoms. The van der Waals surface area contributed by atoms with Crippen molar-refractivity contribution in [1.82, 2.24) is 0 Å². The average molecular weight is 180 g/mol. The van der Waals surface area contributed by atoms with Gasteiger partial charge in [0.15, 0.2) is 0 Å². The molecule has 70 valence electrons. The van der Waals surface area contributed by atoms with E-state index in [1.54, 1.807) is 12.1 Å². The van der Waals surface area contributed by atoms with E-state index < -0.39 is 0 Å². The van der Waals surface area contributed by atoms with Crippen molar-refractivity contribution in [2.24, 2.45) is 5.28 Å². The first-order valence-corrected chi connectivity index (χ1v) is 3.76. The maximum absolute atomic E-state index is 10.8. The van der Waals surface area contributed by atoms with Crippen molar-refractivity contribution >= 4 is 5.69 Å². The van der Waals surface area contributed by atoms with E-state index in [1.807, 2.05) is 19.1 Å². The lowest BCUT2D eigenvalue weighted by atomic mass is 10.2. The maximum atomic E-state index is 10.8. The van der Waals surface area contributed by atoms with Gasteiger partial charge in [-0.15, -0.1) is 5.01 Å². The molecular formula is C8H10N3O2-. The molecule has 0 amide bonds. The van der Waals surface area contributed by atoms with E-state index in [0.29, 0.717) is 5.69 Å². The van der Waals surface area contributed by atoms with Gasteiger partial charge >= 0.3 is 0 Å². The Morgan fingerprint density at radius 3 is 2.31 bits per heavy atom. The van der Waals surface area contributed by atoms with E-state index >= 15 is 0 Å². The highest BCUT2D eigenvalue weighted by molar-refractivity contribution is 5.43. The summed E-state index contributed by atoms with van der Waals surface area (Å²) in [4.78, 5) is -0.00926. The first-order valence-electron chi connectivity index (χ1n) is 3.76. The zero-order chi connectivity index (χ0) is 9.84. The number of nitrogens with zero attached hydrogens (tertiary/aromatic N) is 3. The minimum Gasteiger partial charge on any atom is -0.737 e. The Labute approximate surface area is 76.0 Å². The van der Waals surface area contributed by atoms with Crippen LogP contribution in [0.5, 0.6) is 0 Å². The minimum atomic E-state index is -0.00926. The van der Waals surface area contributed by atoms with E-state index in [4.69, 9.17) is 0 Å². The van der Waals surface area contributed by atoms with Crippen molar-refractivity contribution in [1.29, 1.82) is 0 Å². The second-order valence-electron chi connectivity index (χ2n) is 2.69. The minimum absolute atomic E-state index is 0.00926. The molecule has 1 aromatic rings. The summed E-state index contributed by atoms with van der Waals surface area (Å²) in [5.74, 6) is 0. The summed E-state index contributed by atoms with van der Waals surface area (Å²) >= 11 is 0. The SMILES string of the molecule is Cc1ccc(N(C)/[N+]([O-])=N/[O-])cc1. The number of aryl methyl sites for hydroxylation is 1. The van der Waals surface area contributed by atoms with Crippen LogP contribution in [0.4, 0.5) is 5.69 Å². The van der Waals surface area contributed by atoms with E-state index in [9.17, 15) is 10.4 Å².